The van der Waals surface area contributed by atoms with Gasteiger partial charge in [0.05, 0.1) is 29.0 Å². The number of non-ortho nitro benzene ring substituents is 1. The molecule has 59 heavy (non-hydrogen) atoms. The normalized spacial score (nSPS) is 24.9. The quantitative estimate of drug-likeness (QED) is 0.0274. The number of amides is 1. The van der Waals surface area contributed by atoms with E-state index >= 15 is 0 Å². The van der Waals surface area contributed by atoms with Crippen LogP contribution in [0.1, 0.15) is 75.3 Å². The Kier molecular flexibility index (Phi) is 16.0. The Morgan fingerprint density at radius 2 is 1.88 bits per heavy atom. The Morgan fingerprint density at radius 1 is 1.12 bits per heavy atom. The molecule has 2 aliphatic heterocycles. The highest BCUT2D eigenvalue weighted by atomic mass is 35.5. The molecule has 0 radical (unpaired) electrons. The van der Waals surface area contributed by atoms with E-state index in [1.165, 1.54) is 12.1 Å². The van der Waals surface area contributed by atoms with Crippen molar-refractivity contribution in [3.8, 4) is 11.5 Å². The molecule has 2 aliphatic carbocycles. The minimum Gasteiger partial charge on any atom is -0.492 e. The van der Waals surface area contributed by atoms with Crippen molar-refractivity contribution in [2.24, 2.45) is 22.9 Å². The molecule has 4 aliphatic rings. The summed E-state index contributed by atoms with van der Waals surface area (Å²) in [5, 5.41) is 35.9. The summed E-state index contributed by atoms with van der Waals surface area (Å²) in [4.78, 5) is 35.0. The van der Waals surface area contributed by atoms with Crippen LogP contribution >= 0.6 is 11.6 Å². The number of ether oxygens (including phenoxy) is 4. The first-order valence-electron chi connectivity index (χ1n) is 21.1. The van der Waals surface area contributed by atoms with Gasteiger partial charge in [0.2, 0.25) is 5.79 Å². The van der Waals surface area contributed by atoms with E-state index in [0.717, 1.165) is 62.2 Å². The standard InChI is InChI=1S/C44H59ClN4O10/c1-3-18-48(43(52)56-25-17-45)40-29-38(46-58-30-31-11-13-33(14-12-31)49(53)54)36-27-32(9-5-7-22-50)35(10-6-8-23-51)41-37-28-34(55-26-21-47-19-20-47)15-16-39(37)59-44(40,42(36)41)57-24-4-2/h4,11-16,27-28,32,35,40-42,50-51H,2-3,5-10,17-26,29-30H2,1H3/t32-,35+,40-,41+,42+,44+/m0/s1. The van der Waals surface area contributed by atoms with Crippen molar-refractivity contribution >= 4 is 29.1 Å². The number of unbranched alkanes of at least 4 members (excludes halogenated alkanes) is 2. The van der Waals surface area contributed by atoms with Gasteiger partial charge in [-0.1, -0.05) is 37.1 Å². The summed E-state index contributed by atoms with van der Waals surface area (Å²) in [6.45, 7) is 10.3. The average Bonchev–Trinajstić information content (AvgIpc) is 4.07. The number of carbonyl (C=O) groups is 1. The van der Waals surface area contributed by atoms with Crippen LogP contribution in [0.2, 0.25) is 0 Å². The molecule has 0 aromatic heterocycles. The first kappa shape index (κ1) is 44.3. The molecule has 1 saturated heterocycles. The van der Waals surface area contributed by atoms with Gasteiger partial charge in [-0.2, -0.15) is 0 Å². The number of halogens is 1. The summed E-state index contributed by atoms with van der Waals surface area (Å²) in [5.41, 5.74) is 3.19. The Labute approximate surface area is 351 Å². The van der Waals surface area contributed by atoms with Gasteiger partial charge in [-0.15, -0.1) is 18.2 Å². The lowest BCUT2D eigenvalue weighted by molar-refractivity contribution is -0.384. The summed E-state index contributed by atoms with van der Waals surface area (Å²) in [6, 6.07) is 11.4. The van der Waals surface area contributed by atoms with Gasteiger partial charge in [-0.05, 0) is 85.4 Å². The van der Waals surface area contributed by atoms with E-state index in [4.69, 9.17) is 40.5 Å². The first-order valence-corrected chi connectivity index (χ1v) is 21.6. The van der Waals surface area contributed by atoms with Gasteiger partial charge in [0.1, 0.15) is 37.4 Å². The summed E-state index contributed by atoms with van der Waals surface area (Å²) >= 11 is 6.01. The zero-order valence-electron chi connectivity index (χ0n) is 34.1. The van der Waals surface area contributed by atoms with Crippen LogP contribution in [-0.4, -0.2) is 114 Å². The highest BCUT2D eigenvalue weighted by Crippen LogP contribution is 2.62. The molecule has 0 bridgehead atoms. The molecule has 1 saturated carbocycles. The average molecular weight is 839 g/mol. The number of aliphatic hydroxyl groups is 2. The fourth-order valence-corrected chi connectivity index (χ4v) is 9.12. The maximum absolute atomic E-state index is 14.1. The first-order chi connectivity index (χ1) is 28.8. The van der Waals surface area contributed by atoms with Gasteiger partial charge in [0, 0.05) is 69.4 Å². The van der Waals surface area contributed by atoms with Crippen molar-refractivity contribution in [2.45, 2.75) is 82.6 Å². The van der Waals surface area contributed by atoms with E-state index in [-0.39, 0.29) is 68.8 Å². The third-order valence-electron chi connectivity index (χ3n) is 11.8. The van der Waals surface area contributed by atoms with Crippen LogP contribution in [0, 0.1) is 27.9 Å². The molecule has 2 aromatic rings. The predicted molar refractivity (Wildman–Crippen MR) is 224 cm³/mol. The number of carbonyl (C=O) groups excluding carboxylic acids is 1. The fraction of sp³-hybridized carbons (Fsp3) is 0.591. The second kappa shape index (κ2) is 21.4. The Morgan fingerprint density at radius 3 is 2.56 bits per heavy atom. The molecule has 2 fully saturated rings. The van der Waals surface area contributed by atoms with Crippen molar-refractivity contribution in [1.82, 2.24) is 9.80 Å². The van der Waals surface area contributed by atoms with Crippen LogP contribution in [0.15, 0.2) is 71.9 Å². The lowest BCUT2D eigenvalue weighted by Gasteiger charge is -2.59. The van der Waals surface area contributed by atoms with Gasteiger partial charge in [0.25, 0.3) is 5.69 Å². The van der Waals surface area contributed by atoms with Gasteiger partial charge < -0.3 is 34.0 Å². The smallest absolute Gasteiger partial charge is 0.410 e. The zero-order chi connectivity index (χ0) is 41.8. The number of rotatable bonds is 24. The van der Waals surface area contributed by atoms with Crippen molar-refractivity contribution in [1.29, 1.82) is 0 Å². The van der Waals surface area contributed by atoms with Crippen LogP contribution in [0.5, 0.6) is 11.5 Å². The lowest BCUT2D eigenvalue weighted by atomic mass is 9.55. The van der Waals surface area contributed by atoms with Gasteiger partial charge >= 0.3 is 6.09 Å². The monoisotopic (exact) mass is 838 g/mol. The molecule has 6 rings (SSSR count). The van der Waals surface area contributed by atoms with Crippen LogP contribution < -0.4 is 9.47 Å². The number of hydrogen-bond donors (Lipinski definition) is 2. The van der Waals surface area contributed by atoms with Crippen LogP contribution in [0.25, 0.3) is 0 Å². The fourth-order valence-electron chi connectivity index (χ4n) is 9.05. The number of nitro groups is 1. The molecule has 2 N–H and O–H groups in total. The summed E-state index contributed by atoms with van der Waals surface area (Å²) in [6.07, 6.45) is 8.77. The Bertz CT molecular complexity index is 1790. The molecular weight excluding hydrogens is 780 g/mol. The molecule has 2 heterocycles. The van der Waals surface area contributed by atoms with Crippen molar-refractivity contribution < 1.29 is 43.7 Å². The van der Waals surface area contributed by atoms with Gasteiger partial charge in [-0.3, -0.25) is 19.9 Å². The van der Waals surface area contributed by atoms with Crippen LogP contribution in [0.4, 0.5) is 10.5 Å². The molecule has 14 nitrogen and oxygen atoms in total. The topological polar surface area (TPSA) is 165 Å². The van der Waals surface area contributed by atoms with Gasteiger partial charge in [-0.25, -0.2) is 4.79 Å². The second-order valence-electron chi connectivity index (χ2n) is 15.7. The van der Waals surface area contributed by atoms with E-state index in [0.29, 0.717) is 49.4 Å². The Hall–Kier alpha value is -4.21. The van der Waals surface area contributed by atoms with E-state index < -0.39 is 28.8 Å². The summed E-state index contributed by atoms with van der Waals surface area (Å²) < 4.78 is 26.3. The minimum absolute atomic E-state index is 0.0193. The van der Waals surface area contributed by atoms with E-state index in [2.05, 4.69) is 23.6 Å². The number of hydrogen-bond acceptors (Lipinski definition) is 12. The lowest BCUT2D eigenvalue weighted by Crippen LogP contribution is -2.70. The van der Waals surface area contributed by atoms with E-state index in [1.807, 2.05) is 19.1 Å². The molecule has 1 amide bonds. The number of allylic oxidation sites excluding steroid dienone is 1. The second-order valence-corrected chi connectivity index (χ2v) is 16.0. The molecule has 2 aromatic carbocycles. The van der Waals surface area contributed by atoms with Crippen molar-refractivity contribution in [3.63, 3.8) is 0 Å². The van der Waals surface area contributed by atoms with Crippen LogP contribution in [-0.2, 0) is 20.9 Å². The number of oxime groups is 1. The number of aliphatic hydroxyl groups excluding tert-OH is 2. The zero-order valence-corrected chi connectivity index (χ0v) is 34.8. The summed E-state index contributed by atoms with van der Waals surface area (Å²) in [7, 11) is 0. The maximum Gasteiger partial charge on any atom is 0.410 e. The largest absolute Gasteiger partial charge is 0.492 e. The van der Waals surface area contributed by atoms with Crippen molar-refractivity contribution in [2.75, 3.05) is 65.1 Å². The maximum atomic E-state index is 14.1. The highest BCUT2D eigenvalue weighted by Gasteiger charge is 2.65. The van der Waals surface area contributed by atoms with E-state index in [9.17, 15) is 25.1 Å². The molecule has 0 spiro atoms. The molecular formula is C44H59ClN4O10. The highest BCUT2D eigenvalue weighted by molar-refractivity contribution is 6.18. The number of nitro benzene ring substituents is 1. The molecule has 322 valence electrons. The number of benzene rings is 2. The van der Waals surface area contributed by atoms with E-state index in [1.54, 1.807) is 23.1 Å². The summed E-state index contributed by atoms with van der Waals surface area (Å²) in [5.74, 6) is -0.490. The number of nitrogens with zero attached hydrogens (tertiary/aromatic N) is 4. The predicted octanol–water partition coefficient (Wildman–Crippen LogP) is 7.21. The van der Waals surface area contributed by atoms with Crippen molar-refractivity contribution in [3.05, 3.63) is 88.0 Å². The number of fused-ring (bicyclic) bond motifs is 2. The number of alkyl halides is 1. The minimum atomic E-state index is -1.42. The molecule has 15 heteroatoms. The third kappa shape index (κ3) is 10.6. The Balaban J connectivity index is 1.52. The van der Waals surface area contributed by atoms with Crippen LogP contribution in [0.3, 0.4) is 0 Å². The molecule has 0 unspecified atom stereocenters. The molecule has 6 atom stereocenters. The SMILES string of the molecule is C=CCO[C@@]12Oc3ccc(OCCN4CC4)cc3[C@H]3[C@H](CCCCO)[C@@H](CCCCO)C=C(C(=NOCc4ccc([N+](=O)[O-])cc4)C[C@@H]1N(CCC)C(=O)OCCCl)[C@H]32. The third-order valence-corrected chi connectivity index (χ3v) is 11.9. The van der Waals surface area contributed by atoms with Gasteiger partial charge in [0.15, 0.2) is 0 Å².